The molecule has 1 aromatic carbocycles. The van der Waals surface area contributed by atoms with Gasteiger partial charge in [0.2, 0.25) is 5.91 Å². The average molecular weight is 276 g/mol. The molecule has 0 atom stereocenters. The molecule has 0 aliphatic heterocycles. The molecule has 1 rings (SSSR count). The van der Waals surface area contributed by atoms with E-state index in [1.54, 1.807) is 24.3 Å². The van der Waals surface area contributed by atoms with Crippen molar-refractivity contribution in [2.24, 2.45) is 0 Å². The number of hydrogen-bond acceptors (Lipinski definition) is 3. The summed E-state index contributed by atoms with van der Waals surface area (Å²) in [5.74, 6) is -1.11. The van der Waals surface area contributed by atoms with E-state index in [2.05, 4.69) is 10.6 Å². The summed E-state index contributed by atoms with van der Waals surface area (Å²) in [6, 6.07) is 6.97. The van der Waals surface area contributed by atoms with Gasteiger partial charge in [0.1, 0.15) is 0 Å². The summed E-state index contributed by atoms with van der Waals surface area (Å²) in [7, 11) is 0. The summed E-state index contributed by atoms with van der Waals surface area (Å²) < 4.78 is 0. The number of carboxylic acid groups (broad SMARTS) is 1. The monoisotopic (exact) mass is 276 g/mol. The molecule has 0 saturated carbocycles. The van der Waals surface area contributed by atoms with Crippen molar-refractivity contribution in [2.75, 3.05) is 11.9 Å². The predicted octanol–water partition coefficient (Wildman–Crippen LogP) is 2.11. The number of aliphatic carboxylic acids is 1. The predicted molar refractivity (Wildman–Crippen MR) is 79.5 cm³/mol. The van der Waals surface area contributed by atoms with Crippen molar-refractivity contribution in [3.8, 4) is 0 Å². The lowest BCUT2D eigenvalue weighted by Gasteiger charge is -2.24. The first-order valence-electron chi connectivity index (χ1n) is 6.42. The zero-order valence-electron chi connectivity index (χ0n) is 11.9. The van der Waals surface area contributed by atoms with Gasteiger partial charge in [-0.2, -0.15) is 0 Å². The van der Waals surface area contributed by atoms with E-state index in [0.717, 1.165) is 11.6 Å². The van der Waals surface area contributed by atoms with Crippen LogP contribution in [0.2, 0.25) is 0 Å². The van der Waals surface area contributed by atoms with Crippen molar-refractivity contribution in [3.05, 3.63) is 35.9 Å². The molecule has 108 valence electrons. The van der Waals surface area contributed by atoms with Gasteiger partial charge < -0.3 is 15.7 Å². The molecule has 0 radical (unpaired) electrons. The number of anilines is 1. The van der Waals surface area contributed by atoms with Gasteiger partial charge in [0, 0.05) is 11.8 Å². The van der Waals surface area contributed by atoms with Crippen molar-refractivity contribution in [1.29, 1.82) is 0 Å². The van der Waals surface area contributed by atoms with Crippen LogP contribution < -0.4 is 10.6 Å². The maximum atomic E-state index is 12.1. The molecular weight excluding hydrogens is 256 g/mol. The molecule has 5 nitrogen and oxygen atoms in total. The highest BCUT2D eigenvalue weighted by Gasteiger charge is 2.25. The molecule has 0 saturated heterocycles. The first-order valence-corrected chi connectivity index (χ1v) is 6.42. The molecule has 1 aromatic rings. The van der Waals surface area contributed by atoms with Crippen LogP contribution in [0.3, 0.4) is 0 Å². The largest absolute Gasteiger partial charge is 0.478 e. The summed E-state index contributed by atoms with van der Waals surface area (Å²) >= 11 is 0. The maximum absolute atomic E-state index is 12.1. The Hall–Kier alpha value is -2.14. The van der Waals surface area contributed by atoms with Crippen molar-refractivity contribution in [2.45, 2.75) is 26.3 Å². The van der Waals surface area contributed by atoms with Crippen LogP contribution >= 0.6 is 0 Å². The van der Waals surface area contributed by atoms with Crippen LogP contribution in [0.25, 0.3) is 6.08 Å². The molecule has 5 heteroatoms. The molecule has 0 aliphatic carbocycles. The SMILES string of the molecule is CCNC(C)(C)C(=O)Nc1ccc(/C=C/C(=O)O)cc1. The summed E-state index contributed by atoms with van der Waals surface area (Å²) in [5, 5.41) is 14.5. The van der Waals surface area contributed by atoms with Crippen LogP contribution in [0.15, 0.2) is 30.3 Å². The third-order valence-corrected chi connectivity index (χ3v) is 2.77. The van der Waals surface area contributed by atoms with Gasteiger partial charge in [-0.25, -0.2) is 4.79 Å². The van der Waals surface area contributed by atoms with Crippen LogP contribution in [-0.2, 0) is 9.59 Å². The van der Waals surface area contributed by atoms with Gasteiger partial charge in [-0.1, -0.05) is 19.1 Å². The second kappa shape index (κ2) is 6.86. The highest BCUT2D eigenvalue weighted by atomic mass is 16.4. The Morgan fingerprint density at radius 2 is 1.85 bits per heavy atom. The lowest BCUT2D eigenvalue weighted by Crippen LogP contribution is -2.49. The molecule has 0 aromatic heterocycles. The van der Waals surface area contributed by atoms with Crippen LogP contribution in [0.4, 0.5) is 5.69 Å². The van der Waals surface area contributed by atoms with Crippen LogP contribution in [0, 0.1) is 0 Å². The van der Waals surface area contributed by atoms with Crippen molar-refractivity contribution < 1.29 is 14.7 Å². The smallest absolute Gasteiger partial charge is 0.328 e. The Morgan fingerprint density at radius 1 is 1.25 bits per heavy atom. The number of rotatable bonds is 6. The Kier molecular flexibility index (Phi) is 5.46. The second-order valence-corrected chi connectivity index (χ2v) is 4.90. The number of carbonyl (C=O) groups excluding carboxylic acids is 1. The van der Waals surface area contributed by atoms with E-state index >= 15 is 0 Å². The summed E-state index contributed by atoms with van der Waals surface area (Å²) in [6.07, 6.45) is 2.57. The van der Waals surface area contributed by atoms with Gasteiger partial charge in [0.15, 0.2) is 0 Å². The fourth-order valence-corrected chi connectivity index (χ4v) is 1.65. The quantitative estimate of drug-likeness (QED) is 0.695. The van der Waals surface area contributed by atoms with Crippen LogP contribution in [-0.4, -0.2) is 29.1 Å². The van der Waals surface area contributed by atoms with E-state index in [9.17, 15) is 9.59 Å². The molecule has 0 aliphatic rings. The highest BCUT2D eigenvalue weighted by molar-refractivity contribution is 5.97. The molecule has 20 heavy (non-hydrogen) atoms. The molecule has 0 fully saturated rings. The minimum Gasteiger partial charge on any atom is -0.478 e. The Labute approximate surface area is 118 Å². The summed E-state index contributed by atoms with van der Waals surface area (Å²) in [5.41, 5.74) is 0.793. The van der Waals surface area contributed by atoms with Crippen LogP contribution in [0.5, 0.6) is 0 Å². The second-order valence-electron chi connectivity index (χ2n) is 4.90. The molecular formula is C15H20N2O3. The lowest BCUT2D eigenvalue weighted by atomic mass is 10.0. The van der Waals surface area contributed by atoms with E-state index in [1.165, 1.54) is 6.08 Å². The molecule has 0 spiro atoms. The number of hydrogen-bond donors (Lipinski definition) is 3. The van der Waals surface area contributed by atoms with Gasteiger partial charge in [0.05, 0.1) is 5.54 Å². The minimum atomic E-state index is -0.991. The van der Waals surface area contributed by atoms with Crippen molar-refractivity contribution in [3.63, 3.8) is 0 Å². The first-order chi connectivity index (χ1) is 9.35. The van der Waals surface area contributed by atoms with Crippen molar-refractivity contribution in [1.82, 2.24) is 5.32 Å². The third kappa shape index (κ3) is 4.85. The van der Waals surface area contributed by atoms with Gasteiger partial charge in [0.25, 0.3) is 0 Å². The number of likely N-dealkylation sites (N-methyl/N-ethyl adjacent to an activating group) is 1. The van der Waals surface area contributed by atoms with E-state index in [1.807, 2.05) is 20.8 Å². The highest BCUT2D eigenvalue weighted by Crippen LogP contribution is 2.13. The number of carboxylic acids is 1. The van der Waals surface area contributed by atoms with Gasteiger partial charge >= 0.3 is 5.97 Å². The molecule has 0 heterocycles. The van der Waals surface area contributed by atoms with Crippen molar-refractivity contribution >= 4 is 23.6 Å². The third-order valence-electron chi connectivity index (χ3n) is 2.77. The molecule has 3 N–H and O–H groups in total. The fourth-order valence-electron chi connectivity index (χ4n) is 1.65. The maximum Gasteiger partial charge on any atom is 0.328 e. The Balaban J connectivity index is 2.70. The number of benzene rings is 1. The van der Waals surface area contributed by atoms with E-state index < -0.39 is 11.5 Å². The number of nitrogens with one attached hydrogen (secondary N) is 2. The normalized spacial score (nSPS) is 11.6. The molecule has 0 unspecified atom stereocenters. The minimum absolute atomic E-state index is 0.117. The Morgan fingerprint density at radius 3 is 2.35 bits per heavy atom. The summed E-state index contributed by atoms with van der Waals surface area (Å²) in [6.45, 7) is 6.28. The lowest BCUT2D eigenvalue weighted by molar-refractivity contribution is -0.131. The standard InChI is InChI=1S/C15H20N2O3/c1-4-16-15(2,3)14(20)17-12-8-5-11(6-9-12)7-10-13(18)19/h5-10,16H,4H2,1-3H3,(H,17,20)(H,18,19)/b10-7+. The van der Waals surface area contributed by atoms with E-state index in [-0.39, 0.29) is 5.91 Å². The first kappa shape index (κ1) is 15.9. The number of amides is 1. The molecule has 0 bridgehead atoms. The Bertz CT molecular complexity index is 504. The zero-order valence-corrected chi connectivity index (χ0v) is 11.9. The molecule has 1 amide bonds. The number of carbonyl (C=O) groups is 2. The van der Waals surface area contributed by atoms with E-state index in [4.69, 9.17) is 5.11 Å². The van der Waals surface area contributed by atoms with Gasteiger partial charge in [-0.3, -0.25) is 4.79 Å². The fraction of sp³-hybridized carbons (Fsp3) is 0.333. The van der Waals surface area contributed by atoms with E-state index in [0.29, 0.717) is 12.2 Å². The summed E-state index contributed by atoms with van der Waals surface area (Å²) in [4.78, 5) is 22.5. The zero-order chi connectivity index (χ0) is 15.2. The van der Waals surface area contributed by atoms with Gasteiger partial charge in [-0.05, 0) is 44.2 Å². The average Bonchev–Trinajstić information content (AvgIpc) is 2.37. The topological polar surface area (TPSA) is 78.4 Å². The van der Waals surface area contributed by atoms with Crippen LogP contribution in [0.1, 0.15) is 26.3 Å². The van der Waals surface area contributed by atoms with Gasteiger partial charge in [-0.15, -0.1) is 0 Å².